The summed E-state index contributed by atoms with van der Waals surface area (Å²) in [6.07, 6.45) is 0. The predicted octanol–water partition coefficient (Wildman–Crippen LogP) is 20.7. The van der Waals surface area contributed by atoms with Gasteiger partial charge in [0.1, 0.15) is 0 Å². The summed E-state index contributed by atoms with van der Waals surface area (Å²) in [6, 6.07) is 115. The Morgan fingerprint density at radius 3 is 0.812 bits per heavy atom. The van der Waals surface area contributed by atoms with Gasteiger partial charge in [0.15, 0.2) is 0 Å². The van der Waals surface area contributed by atoms with Crippen molar-refractivity contribution in [2.75, 3.05) is 0 Å². The monoisotopic (exact) mass is 1010 g/mol. The highest BCUT2D eigenvalue weighted by Gasteiger charge is 2.46. The second-order valence-corrected chi connectivity index (χ2v) is 22.1. The first-order chi connectivity index (χ1) is 39.7. The Morgan fingerprint density at radius 2 is 0.438 bits per heavy atom. The van der Waals surface area contributed by atoms with E-state index in [1.54, 1.807) is 0 Å². The smallest absolute Gasteiger partial charge is 0.0622 e. The fraction of sp³-hybridized carbons (Fsp3) is 0.0250. The molecular weight excluding hydrogens is 961 g/mol. The molecule has 0 nitrogen and oxygen atoms in total. The fourth-order valence-corrected chi connectivity index (χ4v) is 15.2. The van der Waals surface area contributed by atoms with E-state index in [0.29, 0.717) is 0 Å². The Balaban J connectivity index is 0.876. The molecule has 0 heteroatoms. The van der Waals surface area contributed by atoms with E-state index in [1.165, 1.54) is 154 Å². The molecule has 0 aromatic heterocycles. The molecule has 0 fully saturated rings. The Labute approximate surface area is 465 Å². The quantitative estimate of drug-likeness (QED) is 0.146. The molecule has 0 aliphatic heterocycles. The molecule has 0 amide bonds. The second kappa shape index (κ2) is 17.2. The summed E-state index contributed by atoms with van der Waals surface area (Å²) in [5.41, 5.74) is 19.3. The lowest BCUT2D eigenvalue weighted by atomic mass is 9.59. The predicted molar refractivity (Wildman–Crippen MR) is 337 cm³/mol. The van der Waals surface area contributed by atoms with Crippen molar-refractivity contribution in [2.45, 2.75) is 10.8 Å². The van der Waals surface area contributed by atoms with Gasteiger partial charge in [-0.2, -0.15) is 0 Å². The first kappa shape index (κ1) is 44.9. The van der Waals surface area contributed by atoms with E-state index in [9.17, 15) is 0 Å². The topological polar surface area (TPSA) is 0 Å². The van der Waals surface area contributed by atoms with E-state index in [4.69, 9.17) is 0 Å². The van der Waals surface area contributed by atoms with E-state index in [-0.39, 0.29) is 0 Å². The van der Waals surface area contributed by atoms with Crippen molar-refractivity contribution in [3.63, 3.8) is 0 Å². The average molecular weight is 1010 g/mol. The number of hydrogen-bond donors (Lipinski definition) is 0. The van der Waals surface area contributed by atoms with E-state index in [1.807, 2.05) is 0 Å². The maximum Gasteiger partial charge on any atom is 0.0713 e. The van der Waals surface area contributed by atoms with Crippen LogP contribution in [0.25, 0.3) is 109 Å². The van der Waals surface area contributed by atoms with Crippen molar-refractivity contribution in [1.29, 1.82) is 0 Å². The van der Waals surface area contributed by atoms with Crippen LogP contribution in [0.15, 0.2) is 303 Å². The number of rotatable bonds is 6. The van der Waals surface area contributed by atoms with Crippen LogP contribution in [0.1, 0.15) is 44.5 Å². The molecule has 0 saturated carbocycles. The standard InChI is InChI=1S/C80H50/c1-5-23-53(24-6-1)79(54-25-7-2-8-26-54)73-39-19-17-35-61(73)71-49-67-59-33-15-13-31-57(59)65(47-69(67)63-37-21-41-75(79)77(63)71)51-43-45-52(46-44-51)66-48-70-64-38-22-42-76-78(64)72(50-68(70)60-34-16-14-32-58(60)66)62-36-18-20-40-74(62)80(76,55-27-9-3-10-28-55)56-29-11-4-12-30-56/h1-50H. The lowest BCUT2D eigenvalue weighted by Gasteiger charge is -2.42. The van der Waals surface area contributed by atoms with Crippen LogP contribution in [0, 0.1) is 0 Å². The summed E-state index contributed by atoms with van der Waals surface area (Å²) < 4.78 is 0. The highest BCUT2D eigenvalue weighted by Crippen LogP contribution is 2.59. The van der Waals surface area contributed by atoms with Gasteiger partial charge in [-0.3, -0.25) is 0 Å². The minimum absolute atomic E-state index is 0.519. The molecule has 2 aliphatic rings. The van der Waals surface area contributed by atoms with Gasteiger partial charge in [-0.15, -0.1) is 0 Å². The van der Waals surface area contributed by atoms with Crippen LogP contribution < -0.4 is 0 Å². The van der Waals surface area contributed by atoms with Crippen molar-refractivity contribution < 1.29 is 0 Å². The minimum Gasteiger partial charge on any atom is -0.0622 e. The second-order valence-electron chi connectivity index (χ2n) is 22.1. The fourth-order valence-electron chi connectivity index (χ4n) is 15.2. The minimum atomic E-state index is -0.519. The van der Waals surface area contributed by atoms with Gasteiger partial charge in [-0.1, -0.05) is 279 Å². The molecule has 0 N–H and O–H groups in total. The first-order valence-corrected chi connectivity index (χ1v) is 28.1. The van der Waals surface area contributed by atoms with E-state index in [2.05, 4.69) is 303 Å². The summed E-state index contributed by atoms with van der Waals surface area (Å²) in [7, 11) is 0. The molecule has 80 heavy (non-hydrogen) atoms. The molecule has 0 saturated heterocycles. The van der Waals surface area contributed by atoms with Crippen LogP contribution in [0.3, 0.4) is 0 Å². The van der Waals surface area contributed by atoms with Crippen LogP contribution in [-0.2, 0) is 10.8 Å². The molecule has 2 aliphatic carbocycles. The molecular formula is C80H50. The maximum absolute atomic E-state index is 2.50. The van der Waals surface area contributed by atoms with Gasteiger partial charge in [0, 0.05) is 0 Å². The molecule has 15 aromatic carbocycles. The zero-order valence-electron chi connectivity index (χ0n) is 43.9. The lowest BCUT2D eigenvalue weighted by molar-refractivity contribution is 0.750. The lowest BCUT2D eigenvalue weighted by Crippen LogP contribution is -2.33. The third-order valence-corrected chi connectivity index (χ3v) is 18.4. The molecule has 0 unspecified atom stereocenters. The third kappa shape index (κ3) is 6.05. The zero-order valence-corrected chi connectivity index (χ0v) is 43.9. The van der Waals surface area contributed by atoms with Gasteiger partial charge in [0.2, 0.25) is 0 Å². The summed E-state index contributed by atoms with van der Waals surface area (Å²) >= 11 is 0. The summed E-state index contributed by atoms with van der Waals surface area (Å²) in [5, 5.41) is 15.3. The van der Waals surface area contributed by atoms with Crippen LogP contribution in [-0.4, -0.2) is 0 Å². The molecule has 0 atom stereocenters. The van der Waals surface area contributed by atoms with Crippen molar-refractivity contribution >= 4 is 64.6 Å². The Hall–Kier alpha value is -10.1. The highest BCUT2D eigenvalue weighted by molar-refractivity contribution is 6.27. The van der Waals surface area contributed by atoms with Crippen LogP contribution in [0.4, 0.5) is 0 Å². The largest absolute Gasteiger partial charge is 0.0713 e. The summed E-state index contributed by atoms with van der Waals surface area (Å²) in [6.45, 7) is 0. The van der Waals surface area contributed by atoms with Gasteiger partial charge in [0.25, 0.3) is 0 Å². The molecule has 0 radical (unpaired) electrons. The Kier molecular flexibility index (Phi) is 9.65. The summed E-state index contributed by atoms with van der Waals surface area (Å²) in [5.74, 6) is 0. The van der Waals surface area contributed by atoms with Gasteiger partial charge < -0.3 is 0 Å². The number of hydrogen-bond acceptors (Lipinski definition) is 0. The first-order valence-electron chi connectivity index (χ1n) is 28.1. The van der Waals surface area contributed by atoms with Gasteiger partial charge in [-0.25, -0.2) is 0 Å². The Morgan fingerprint density at radius 1 is 0.163 bits per heavy atom. The summed E-state index contributed by atoms with van der Waals surface area (Å²) in [4.78, 5) is 0. The SMILES string of the molecule is c1ccc(C2(c3ccccc3)c3ccccc3-c3cc4c5ccccc5c(-c5ccc(-c6cc7c8cccc9c8c(cc7c7ccccc67)-c6ccccc6C9(c6ccccc6)c6ccccc6)cc5)cc4c4cccc2c34)cc1. The molecule has 15 aromatic rings. The maximum atomic E-state index is 2.50. The average Bonchev–Trinajstić information content (AvgIpc) is 2.79. The van der Waals surface area contributed by atoms with E-state index < -0.39 is 10.8 Å². The number of benzene rings is 15. The molecule has 370 valence electrons. The van der Waals surface area contributed by atoms with Crippen LogP contribution in [0.2, 0.25) is 0 Å². The van der Waals surface area contributed by atoms with Gasteiger partial charge in [-0.05, 0) is 178 Å². The molecule has 0 heterocycles. The third-order valence-electron chi connectivity index (χ3n) is 18.4. The van der Waals surface area contributed by atoms with Crippen LogP contribution in [0.5, 0.6) is 0 Å². The van der Waals surface area contributed by atoms with E-state index >= 15 is 0 Å². The van der Waals surface area contributed by atoms with Crippen molar-refractivity contribution in [3.05, 3.63) is 348 Å². The van der Waals surface area contributed by atoms with Gasteiger partial charge >= 0.3 is 0 Å². The van der Waals surface area contributed by atoms with Gasteiger partial charge in [0.05, 0.1) is 10.8 Å². The molecule has 0 spiro atoms. The number of fused-ring (bicyclic) bond motifs is 12. The zero-order chi connectivity index (χ0) is 52.5. The Bertz CT molecular complexity index is 4620. The van der Waals surface area contributed by atoms with E-state index in [0.717, 1.165) is 0 Å². The van der Waals surface area contributed by atoms with Crippen molar-refractivity contribution in [2.24, 2.45) is 0 Å². The molecule has 17 rings (SSSR count). The van der Waals surface area contributed by atoms with Crippen molar-refractivity contribution in [3.8, 4) is 44.5 Å². The highest BCUT2D eigenvalue weighted by atomic mass is 14.5. The molecule has 0 bridgehead atoms. The normalized spacial score (nSPS) is 13.7. The van der Waals surface area contributed by atoms with Crippen LogP contribution >= 0.6 is 0 Å². The van der Waals surface area contributed by atoms with Crippen molar-refractivity contribution in [1.82, 2.24) is 0 Å².